The minimum atomic E-state index is -0.649. The summed E-state index contributed by atoms with van der Waals surface area (Å²) in [6.45, 7) is 2.01. The second kappa shape index (κ2) is 8.15. The van der Waals surface area contributed by atoms with Crippen LogP contribution in [0.2, 0.25) is 0 Å². The van der Waals surface area contributed by atoms with E-state index in [2.05, 4.69) is 10.2 Å². The molecular weight excluding hydrogens is 424 g/mol. The number of amides is 1. The Kier molecular flexibility index (Phi) is 5.84. The molecule has 0 saturated carbocycles. The van der Waals surface area contributed by atoms with E-state index in [0.717, 1.165) is 17.4 Å². The fourth-order valence-electron chi connectivity index (χ4n) is 3.27. The summed E-state index contributed by atoms with van der Waals surface area (Å²) in [7, 11) is 3.06. The Morgan fingerprint density at radius 1 is 1.21 bits per heavy atom. The first-order chi connectivity index (χ1) is 13.4. The van der Waals surface area contributed by atoms with E-state index >= 15 is 4.39 Å². The molecule has 1 aromatic heterocycles. The molecule has 0 spiro atoms. The summed E-state index contributed by atoms with van der Waals surface area (Å²) in [5.74, 6) is -0.0298. The zero-order valence-corrected chi connectivity index (χ0v) is 18.3. The van der Waals surface area contributed by atoms with E-state index in [1.807, 2.05) is 6.92 Å². The topological polar surface area (TPSA) is 87.3 Å². The normalized spacial score (nSPS) is 10.9. The van der Waals surface area contributed by atoms with Gasteiger partial charge in [-0.3, -0.25) is 0 Å². The molecule has 8 heteroatoms. The Labute approximate surface area is 170 Å². The fourth-order valence-corrected chi connectivity index (χ4v) is 4.37. The Balaban J connectivity index is 2.42. The number of carbonyl (C=O) groups excluding carboxylic acids is 1. The quantitative estimate of drug-likeness (QED) is 0.585. The van der Waals surface area contributed by atoms with Crippen LogP contribution in [0.15, 0.2) is 24.3 Å². The molecule has 1 atom stereocenters. The molecule has 0 aliphatic carbocycles. The van der Waals surface area contributed by atoms with Crippen LogP contribution in [-0.2, 0) is 6.42 Å². The number of methoxy groups -OCH3 is 2. The van der Waals surface area contributed by atoms with Crippen molar-refractivity contribution in [2.75, 3.05) is 14.2 Å². The number of hydrogen-bond donors (Lipinski definition) is 1. The number of hydrogen-bond acceptors (Lipinski definition) is 5. The van der Waals surface area contributed by atoms with Crippen LogP contribution >= 0.6 is 0 Å². The number of primary amides is 1. The Bertz CT molecular complexity index is 1070. The van der Waals surface area contributed by atoms with Crippen LogP contribution in [0.25, 0.3) is 22.0 Å². The van der Waals surface area contributed by atoms with E-state index in [-0.39, 0.29) is 11.3 Å². The molecule has 0 bridgehead atoms. The molecule has 28 heavy (non-hydrogen) atoms. The van der Waals surface area contributed by atoms with Crippen molar-refractivity contribution in [3.8, 4) is 22.6 Å². The summed E-state index contributed by atoms with van der Waals surface area (Å²) in [4.78, 5) is 11.7. The van der Waals surface area contributed by atoms with Crippen molar-refractivity contribution in [2.45, 2.75) is 19.8 Å². The van der Waals surface area contributed by atoms with Crippen LogP contribution in [0, 0.1) is 5.82 Å². The van der Waals surface area contributed by atoms with Crippen LogP contribution in [0.1, 0.15) is 29.4 Å². The molecule has 2 aromatic carbocycles. The van der Waals surface area contributed by atoms with E-state index < -0.39 is 11.7 Å². The molecule has 1 amide bonds. The van der Waals surface area contributed by atoms with Crippen molar-refractivity contribution < 1.29 is 18.7 Å². The van der Waals surface area contributed by atoms with Crippen LogP contribution in [0.4, 0.5) is 4.39 Å². The van der Waals surface area contributed by atoms with Gasteiger partial charge in [0, 0.05) is 0 Å². The second-order valence-corrected chi connectivity index (χ2v) is 7.47. The van der Waals surface area contributed by atoms with Gasteiger partial charge in [-0.15, -0.1) is 0 Å². The number of aryl methyl sites for hydroxylation is 1. The third-order valence-corrected chi connectivity index (χ3v) is 5.72. The summed E-state index contributed by atoms with van der Waals surface area (Å²) in [6, 6.07) is 6.63. The van der Waals surface area contributed by atoms with E-state index in [9.17, 15) is 4.79 Å². The summed E-state index contributed by atoms with van der Waals surface area (Å²) < 4.78 is 26.6. The van der Waals surface area contributed by atoms with Gasteiger partial charge in [-0.1, -0.05) is 0 Å². The number of ether oxygens (including phenoxy) is 2. The molecule has 3 aromatic rings. The summed E-state index contributed by atoms with van der Waals surface area (Å²) in [5.41, 5.74) is 7.53. The van der Waals surface area contributed by atoms with E-state index in [4.69, 9.17) is 15.2 Å². The molecule has 0 radical (unpaired) electrons. The summed E-state index contributed by atoms with van der Waals surface area (Å²) in [6.07, 6.45) is 1.47. The van der Waals surface area contributed by atoms with Crippen LogP contribution in [0.5, 0.6) is 11.5 Å². The molecule has 3 rings (SSSR count). The number of aromatic nitrogens is 2. The molecule has 0 aliphatic rings. The van der Waals surface area contributed by atoms with Crippen molar-refractivity contribution >= 4 is 38.0 Å². The van der Waals surface area contributed by atoms with E-state index in [0.29, 0.717) is 33.4 Å². The van der Waals surface area contributed by atoms with Gasteiger partial charge in [0.15, 0.2) is 0 Å². The predicted molar refractivity (Wildman–Crippen MR) is 109 cm³/mol. The zero-order chi connectivity index (χ0) is 20.4. The van der Waals surface area contributed by atoms with Crippen molar-refractivity contribution in [3.63, 3.8) is 0 Å². The monoisotopic (exact) mass is 445 g/mol. The van der Waals surface area contributed by atoms with Gasteiger partial charge in [0.1, 0.15) is 0 Å². The second-order valence-electron chi connectivity index (χ2n) is 6.26. The molecule has 146 valence electrons. The van der Waals surface area contributed by atoms with Gasteiger partial charge in [-0.2, -0.15) is 0 Å². The van der Waals surface area contributed by atoms with E-state index in [1.165, 1.54) is 30.0 Å². The number of nitrogens with two attached hydrogens (primary N) is 1. The van der Waals surface area contributed by atoms with Crippen molar-refractivity contribution in [2.24, 2.45) is 5.73 Å². The first kappa shape index (κ1) is 20.1. The number of halogens is 1. The molecular formula is C20H21AsFN3O3. The Hall–Kier alpha value is -2.66. The summed E-state index contributed by atoms with van der Waals surface area (Å²) >= 11 is 1.20. The van der Waals surface area contributed by atoms with Gasteiger partial charge in [0.25, 0.3) is 0 Å². The molecule has 1 unspecified atom stereocenters. The van der Waals surface area contributed by atoms with Crippen molar-refractivity contribution in [1.82, 2.24) is 10.2 Å². The first-order valence-electron chi connectivity index (χ1n) is 8.72. The average Bonchev–Trinajstić information content (AvgIpc) is 2.67. The predicted octanol–water partition coefficient (Wildman–Crippen LogP) is 1.76. The molecule has 6 nitrogen and oxygen atoms in total. The van der Waals surface area contributed by atoms with Gasteiger partial charge in [0.2, 0.25) is 0 Å². The Morgan fingerprint density at radius 3 is 2.57 bits per heavy atom. The van der Waals surface area contributed by atoms with Gasteiger partial charge in [-0.25, -0.2) is 0 Å². The fraction of sp³-hybridized carbons (Fsp3) is 0.250. The van der Waals surface area contributed by atoms with Crippen molar-refractivity contribution in [3.05, 3.63) is 41.3 Å². The molecule has 1 heterocycles. The third-order valence-electron chi connectivity index (χ3n) is 4.54. The van der Waals surface area contributed by atoms with Crippen LogP contribution in [-0.4, -0.2) is 47.2 Å². The summed E-state index contributed by atoms with van der Waals surface area (Å²) in [5, 5.41) is 8.90. The Morgan fingerprint density at radius 2 is 1.96 bits per heavy atom. The number of nitrogens with zero attached hydrogens (tertiary/aromatic N) is 2. The molecule has 0 aliphatic heterocycles. The maximum absolute atomic E-state index is 15.2. The molecule has 2 N–H and O–H groups in total. The number of fused-ring (bicyclic) bond motifs is 1. The van der Waals surface area contributed by atoms with Gasteiger partial charge in [0.05, 0.1) is 0 Å². The minimum absolute atomic E-state index is 0.115. The standard InChI is InChI=1S/C20H21AsFN3O3/c1-4-5-10-8-13(22)16(12-7-6-11(27-2)9-14(12)28-3)18-15(10)17(21)19(20(23)26)25-24-18/h6-9H,4-5,21H2,1-3H3,(H2,23,26). The number of rotatable bonds is 6. The van der Waals surface area contributed by atoms with Gasteiger partial charge >= 0.3 is 171 Å². The molecule has 0 saturated heterocycles. The SMILES string of the molecule is CCCc1cc(F)c(-c2ccc(OC)cc2OC)c2nnc(C(N)=O)c([AsH2])c12. The molecule has 0 fully saturated rings. The van der Waals surface area contributed by atoms with Gasteiger partial charge in [-0.05, 0) is 0 Å². The van der Waals surface area contributed by atoms with E-state index in [1.54, 1.807) is 25.3 Å². The zero-order valence-electron chi connectivity index (χ0n) is 15.9. The third kappa shape index (κ3) is 3.42. The number of carbonyl (C=O) groups is 1. The van der Waals surface area contributed by atoms with Gasteiger partial charge < -0.3 is 0 Å². The van der Waals surface area contributed by atoms with Crippen molar-refractivity contribution in [1.29, 1.82) is 0 Å². The van der Waals surface area contributed by atoms with Crippen LogP contribution < -0.4 is 19.6 Å². The average molecular weight is 445 g/mol. The van der Waals surface area contributed by atoms with Crippen LogP contribution in [0.3, 0.4) is 0 Å². The first-order valence-corrected chi connectivity index (χ1v) is 9.93. The maximum atomic E-state index is 15.2. The number of benzene rings is 2.